The zero-order valence-electron chi connectivity index (χ0n) is 14.2. The zero-order chi connectivity index (χ0) is 15.8. The maximum atomic E-state index is 5.51. The smallest absolute Gasteiger partial charge is 0.231 e. The fraction of sp³-hybridized carbons (Fsp3) is 0.400. The Bertz CT molecular complexity index is 732. The fourth-order valence-electron chi connectivity index (χ4n) is 3.58. The van der Waals surface area contributed by atoms with Gasteiger partial charge in [-0.25, -0.2) is 0 Å². The van der Waals surface area contributed by atoms with Crippen molar-refractivity contribution in [3.05, 3.63) is 58.7 Å². The van der Waals surface area contributed by atoms with E-state index >= 15 is 0 Å². The lowest BCUT2D eigenvalue weighted by Crippen LogP contribution is -2.19. The summed E-state index contributed by atoms with van der Waals surface area (Å²) in [5.41, 5.74) is 5.54. The van der Waals surface area contributed by atoms with Crippen molar-refractivity contribution in [2.45, 2.75) is 32.7 Å². The van der Waals surface area contributed by atoms with Gasteiger partial charge in [0, 0.05) is 13.1 Å². The molecule has 2 aliphatic rings. The summed E-state index contributed by atoms with van der Waals surface area (Å²) >= 11 is 0. The monoisotopic (exact) mass is 345 g/mol. The summed E-state index contributed by atoms with van der Waals surface area (Å²) in [5.74, 6) is 2.37. The molecular weight excluding hydrogens is 322 g/mol. The van der Waals surface area contributed by atoms with Gasteiger partial charge in [0.05, 0.1) is 0 Å². The summed E-state index contributed by atoms with van der Waals surface area (Å²) in [5, 5.41) is 0. The third-order valence-corrected chi connectivity index (χ3v) is 5.12. The van der Waals surface area contributed by atoms with Crippen LogP contribution < -0.4 is 9.47 Å². The Labute approximate surface area is 150 Å². The van der Waals surface area contributed by atoms with Gasteiger partial charge in [-0.1, -0.05) is 24.3 Å². The highest BCUT2D eigenvalue weighted by atomic mass is 35.5. The minimum atomic E-state index is 0. The number of rotatable bonds is 3. The van der Waals surface area contributed by atoms with Gasteiger partial charge in [0.1, 0.15) is 0 Å². The van der Waals surface area contributed by atoms with Crippen molar-refractivity contribution < 1.29 is 9.47 Å². The van der Waals surface area contributed by atoms with Crippen molar-refractivity contribution in [3.8, 4) is 11.5 Å². The fourth-order valence-corrected chi connectivity index (χ4v) is 3.58. The average Bonchev–Trinajstić information content (AvgIpc) is 3.19. The summed E-state index contributed by atoms with van der Waals surface area (Å²) in [6.45, 7) is 8.03. The molecule has 1 fully saturated rings. The molecule has 0 bridgehead atoms. The SMILES string of the molecule is Cc1ccc(CN2CCC(c3ccc4c(c3)OCO4)C2)cc1C.Cl. The first-order chi connectivity index (χ1) is 11.2. The van der Waals surface area contributed by atoms with E-state index < -0.39 is 0 Å². The highest BCUT2D eigenvalue weighted by Crippen LogP contribution is 2.37. The number of ether oxygens (including phenoxy) is 2. The van der Waals surface area contributed by atoms with Crippen molar-refractivity contribution in [1.82, 2.24) is 4.90 Å². The van der Waals surface area contributed by atoms with E-state index in [1.807, 2.05) is 6.07 Å². The Hall–Kier alpha value is -1.71. The lowest BCUT2D eigenvalue weighted by Gasteiger charge is -2.17. The first-order valence-electron chi connectivity index (χ1n) is 8.37. The number of aryl methyl sites for hydroxylation is 2. The summed E-state index contributed by atoms with van der Waals surface area (Å²) in [7, 11) is 0. The van der Waals surface area contributed by atoms with E-state index in [4.69, 9.17) is 9.47 Å². The molecule has 4 heteroatoms. The van der Waals surface area contributed by atoms with E-state index in [-0.39, 0.29) is 12.4 Å². The number of hydrogen-bond donors (Lipinski definition) is 0. The standard InChI is InChI=1S/C20H23NO2.ClH/c1-14-3-4-16(9-15(14)2)11-21-8-7-18(12-21)17-5-6-19-20(10-17)23-13-22-19;/h3-6,9-10,18H,7-8,11-13H2,1-2H3;1H. The number of hydrogen-bond acceptors (Lipinski definition) is 3. The molecule has 128 valence electrons. The maximum absolute atomic E-state index is 5.51. The predicted octanol–water partition coefficient (Wildman–Crippen LogP) is 4.44. The first-order valence-corrected chi connectivity index (χ1v) is 8.37. The number of benzene rings is 2. The van der Waals surface area contributed by atoms with Crippen LogP contribution in [-0.4, -0.2) is 24.8 Å². The molecule has 2 aromatic carbocycles. The van der Waals surface area contributed by atoms with E-state index in [1.165, 1.54) is 28.7 Å². The highest BCUT2D eigenvalue weighted by Gasteiger charge is 2.25. The predicted molar refractivity (Wildman–Crippen MR) is 98.4 cm³/mol. The van der Waals surface area contributed by atoms with Gasteiger partial charge in [-0.3, -0.25) is 4.90 Å². The number of nitrogens with zero attached hydrogens (tertiary/aromatic N) is 1. The second-order valence-electron chi connectivity index (χ2n) is 6.75. The molecule has 0 amide bonds. The van der Waals surface area contributed by atoms with E-state index in [1.54, 1.807) is 0 Å². The molecule has 1 unspecified atom stereocenters. The van der Waals surface area contributed by atoms with Crippen LogP contribution in [0, 0.1) is 13.8 Å². The first kappa shape index (κ1) is 17.1. The zero-order valence-corrected chi connectivity index (χ0v) is 15.1. The summed E-state index contributed by atoms with van der Waals surface area (Å²) < 4.78 is 10.9. The summed E-state index contributed by atoms with van der Waals surface area (Å²) in [6.07, 6.45) is 1.21. The van der Waals surface area contributed by atoms with E-state index in [9.17, 15) is 0 Å². The summed E-state index contributed by atoms with van der Waals surface area (Å²) in [4.78, 5) is 2.55. The molecule has 0 radical (unpaired) electrons. The Kier molecular flexibility index (Phi) is 5.02. The van der Waals surface area contributed by atoms with Crippen LogP contribution in [0.5, 0.6) is 11.5 Å². The molecule has 2 aromatic rings. The molecule has 2 aliphatic heterocycles. The minimum absolute atomic E-state index is 0. The van der Waals surface area contributed by atoms with Crippen molar-refractivity contribution in [2.24, 2.45) is 0 Å². The van der Waals surface area contributed by atoms with Crippen LogP contribution in [0.1, 0.15) is 34.6 Å². The highest BCUT2D eigenvalue weighted by molar-refractivity contribution is 5.85. The second-order valence-corrected chi connectivity index (χ2v) is 6.75. The number of halogens is 1. The van der Waals surface area contributed by atoms with Gasteiger partial charge in [0.25, 0.3) is 0 Å². The van der Waals surface area contributed by atoms with Crippen LogP contribution in [0.15, 0.2) is 36.4 Å². The normalized spacial score (nSPS) is 19.3. The lowest BCUT2D eigenvalue weighted by atomic mass is 9.98. The molecule has 3 nitrogen and oxygen atoms in total. The maximum Gasteiger partial charge on any atom is 0.231 e. The van der Waals surface area contributed by atoms with Crippen LogP contribution in [0.4, 0.5) is 0 Å². The molecule has 0 spiro atoms. The van der Waals surface area contributed by atoms with Gasteiger partial charge in [-0.2, -0.15) is 0 Å². The van der Waals surface area contributed by atoms with Crippen molar-refractivity contribution in [3.63, 3.8) is 0 Å². The molecule has 2 heterocycles. The van der Waals surface area contributed by atoms with Gasteiger partial charge in [0.15, 0.2) is 11.5 Å². The van der Waals surface area contributed by atoms with Gasteiger partial charge < -0.3 is 9.47 Å². The number of likely N-dealkylation sites (tertiary alicyclic amines) is 1. The molecule has 0 saturated carbocycles. The molecular formula is C20H24ClNO2. The Morgan fingerprint density at radius 3 is 2.67 bits per heavy atom. The van der Waals surface area contributed by atoms with E-state index in [2.05, 4.69) is 49.1 Å². The largest absolute Gasteiger partial charge is 0.454 e. The van der Waals surface area contributed by atoms with E-state index in [0.29, 0.717) is 12.7 Å². The Balaban J connectivity index is 0.00000169. The van der Waals surface area contributed by atoms with Crippen LogP contribution in [0.3, 0.4) is 0 Å². The molecule has 1 saturated heterocycles. The van der Waals surface area contributed by atoms with Crippen LogP contribution in [-0.2, 0) is 6.54 Å². The Morgan fingerprint density at radius 1 is 1.00 bits per heavy atom. The van der Waals surface area contributed by atoms with Crippen LogP contribution in [0.25, 0.3) is 0 Å². The number of fused-ring (bicyclic) bond motifs is 1. The molecule has 0 N–H and O–H groups in total. The van der Waals surface area contributed by atoms with Gasteiger partial charge >= 0.3 is 0 Å². The molecule has 4 rings (SSSR count). The van der Waals surface area contributed by atoms with Crippen molar-refractivity contribution in [2.75, 3.05) is 19.9 Å². The third kappa shape index (κ3) is 3.38. The average molecular weight is 346 g/mol. The van der Waals surface area contributed by atoms with Gasteiger partial charge in [-0.05, 0) is 67.1 Å². The lowest BCUT2D eigenvalue weighted by molar-refractivity contribution is 0.174. The minimum Gasteiger partial charge on any atom is -0.454 e. The molecule has 0 aromatic heterocycles. The molecule has 24 heavy (non-hydrogen) atoms. The van der Waals surface area contributed by atoms with Crippen LogP contribution >= 0.6 is 12.4 Å². The second kappa shape index (κ2) is 7.04. The van der Waals surface area contributed by atoms with E-state index in [0.717, 1.165) is 31.1 Å². The van der Waals surface area contributed by atoms with Crippen molar-refractivity contribution >= 4 is 12.4 Å². The molecule has 0 aliphatic carbocycles. The summed E-state index contributed by atoms with van der Waals surface area (Å²) in [6, 6.07) is 13.2. The third-order valence-electron chi connectivity index (χ3n) is 5.12. The Morgan fingerprint density at radius 2 is 1.83 bits per heavy atom. The van der Waals surface area contributed by atoms with Crippen molar-refractivity contribution in [1.29, 1.82) is 0 Å². The quantitative estimate of drug-likeness (QED) is 0.820. The van der Waals surface area contributed by atoms with Gasteiger partial charge in [-0.15, -0.1) is 12.4 Å². The molecule has 1 atom stereocenters. The van der Waals surface area contributed by atoms with Gasteiger partial charge in [0.2, 0.25) is 6.79 Å². The topological polar surface area (TPSA) is 21.7 Å². The van der Waals surface area contributed by atoms with Crippen LogP contribution in [0.2, 0.25) is 0 Å².